The van der Waals surface area contributed by atoms with E-state index in [0.29, 0.717) is 5.56 Å². The van der Waals surface area contributed by atoms with Crippen LogP contribution >= 0.6 is 23.1 Å². The first-order valence-electron chi connectivity index (χ1n) is 4.30. The third-order valence-corrected chi connectivity index (χ3v) is 3.58. The lowest BCUT2D eigenvalue weighted by Crippen LogP contribution is -1.92. The Balaban J connectivity index is 2.14. The second-order valence-corrected chi connectivity index (χ2v) is 5.00. The van der Waals surface area contributed by atoms with Gasteiger partial charge in [0.15, 0.2) is 10.1 Å². The zero-order chi connectivity index (χ0) is 10.7. The summed E-state index contributed by atoms with van der Waals surface area (Å²) in [6, 6.07) is 3.62. The van der Waals surface area contributed by atoms with Gasteiger partial charge in [-0.05, 0) is 30.8 Å². The van der Waals surface area contributed by atoms with Gasteiger partial charge in [0, 0.05) is 23.3 Å². The molecule has 0 unspecified atom stereocenters. The second-order valence-electron chi connectivity index (χ2n) is 2.84. The van der Waals surface area contributed by atoms with Crippen molar-refractivity contribution in [3.63, 3.8) is 0 Å². The minimum Gasteiger partial charge on any atom is -0.294 e. The Morgan fingerprint density at radius 1 is 1.40 bits per heavy atom. The van der Waals surface area contributed by atoms with Crippen LogP contribution < -0.4 is 0 Å². The number of carbonyl (C=O) groups excluding carboxylic acids is 1. The van der Waals surface area contributed by atoms with Gasteiger partial charge in [-0.1, -0.05) is 0 Å². The summed E-state index contributed by atoms with van der Waals surface area (Å²) in [5.41, 5.74) is 0.637. The molecule has 0 bridgehead atoms. The molecule has 0 saturated carbocycles. The molecule has 0 atom stereocenters. The van der Waals surface area contributed by atoms with E-state index in [-0.39, 0.29) is 5.78 Å². The molecular weight excluding hydrogens is 228 g/mol. The quantitative estimate of drug-likeness (QED) is 0.768. The van der Waals surface area contributed by atoms with Crippen LogP contribution in [0.4, 0.5) is 0 Å². The minimum absolute atomic E-state index is 0.0355. The molecule has 0 radical (unpaired) electrons. The van der Waals surface area contributed by atoms with Gasteiger partial charge in [0.1, 0.15) is 5.03 Å². The zero-order valence-electron chi connectivity index (χ0n) is 8.01. The van der Waals surface area contributed by atoms with Crippen LogP contribution in [-0.2, 0) is 0 Å². The first-order chi connectivity index (χ1) is 7.25. The molecule has 0 aliphatic heterocycles. The lowest BCUT2D eigenvalue weighted by atomic mass is 10.2. The van der Waals surface area contributed by atoms with Crippen LogP contribution in [0.3, 0.4) is 0 Å². The van der Waals surface area contributed by atoms with Gasteiger partial charge in [-0.3, -0.25) is 4.79 Å². The van der Waals surface area contributed by atoms with Crippen molar-refractivity contribution in [2.75, 3.05) is 0 Å². The molecule has 2 rings (SSSR count). The molecule has 76 valence electrons. The fourth-order valence-corrected chi connectivity index (χ4v) is 2.51. The molecule has 2 aromatic heterocycles. The summed E-state index contributed by atoms with van der Waals surface area (Å²) in [5.74, 6) is 0.0355. The third-order valence-electron chi connectivity index (χ3n) is 1.74. The Morgan fingerprint density at radius 2 is 2.27 bits per heavy atom. The van der Waals surface area contributed by atoms with E-state index in [0.717, 1.165) is 9.37 Å². The lowest BCUT2D eigenvalue weighted by Gasteiger charge is -1.97. The Labute approximate surface area is 95.6 Å². The lowest BCUT2D eigenvalue weighted by molar-refractivity contribution is 0.101. The first-order valence-corrected chi connectivity index (χ1v) is 5.99. The van der Waals surface area contributed by atoms with Crippen molar-refractivity contribution in [1.29, 1.82) is 0 Å². The second kappa shape index (κ2) is 4.55. The predicted molar refractivity (Wildman–Crippen MR) is 60.5 cm³/mol. The van der Waals surface area contributed by atoms with Gasteiger partial charge in [-0.2, -0.15) is 0 Å². The highest BCUT2D eigenvalue weighted by Crippen LogP contribution is 2.27. The number of nitrogens with zero attached hydrogens (tertiary/aromatic N) is 2. The fourth-order valence-electron chi connectivity index (χ4n) is 0.999. The van der Waals surface area contributed by atoms with E-state index < -0.39 is 0 Å². The number of hydrogen-bond acceptors (Lipinski definition) is 5. The number of carbonyl (C=O) groups is 1. The minimum atomic E-state index is 0.0355. The molecule has 0 fully saturated rings. The topological polar surface area (TPSA) is 42.9 Å². The molecule has 15 heavy (non-hydrogen) atoms. The number of ketones is 1. The van der Waals surface area contributed by atoms with E-state index in [1.54, 1.807) is 29.8 Å². The summed E-state index contributed by atoms with van der Waals surface area (Å²) < 4.78 is 0.957. The van der Waals surface area contributed by atoms with Crippen LogP contribution in [0, 0.1) is 0 Å². The average molecular weight is 236 g/mol. The van der Waals surface area contributed by atoms with Crippen LogP contribution in [-0.4, -0.2) is 15.8 Å². The van der Waals surface area contributed by atoms with E-state index in [1.807, 2.05) is 11.4 Å². The summed E-state index contributed by atoms with van der Waals surface area (Å²) in [6.07, 6.45) is 3.36. The molecule has 2 aromatic rings. The van der Waals surface area contributed by atoms with E-state index in [2.05, 4.69) is 9.97 Å². The molecule has 0 amide bonds. The number of thiazole rings is 1. The summed E-state index contributed by atoms with van der Waals surface area (Å²) in [4.78, 5) is 19.3. The first kappa shape index (κ1) is 10.3. The van der Waals surface area contributed by atoms with Crippen molar-refractivity contribution in [1.82, 2.24) is 9.97 Å². The zero-order valence-corrected chi connectivity index (χ0v) is 9.64. The molecule has 0 aliphatic rings. The maximum Gasteiger partial charge on any atom is 0.161 e. The third kappa shape index (κ3) is 2.64. The molecule has 0 spiro atoms. The maximum absolute atomic E-state index is 11.0. The fraction of sp³-hybridized carbons (Fsp3) is 0.100. The molecule has 0 saturated heterocycles. The monoisotopic (exact) mass is 236 g/mol. The Kier molecular flexibility index (Phi) is 3.13. The van der Waals surface area contributed by atoms with Gasteiger partial charge in [0.25, 0.3) is 0 Å². The maximum atomic E-state index is 11.0. The van der Waals surface area contributed by atoms with Gasteiger partial charge >= 0.3 is 0 Å². The number of aromatic nitrogens is 2. The summed E-state index contributed by atoms with van der Waals surface area (Å²) in [5, 5.41) is 2.78. The van der Waals surface area contributed by atoms with Crippen molar-refractivity contribution in [3.8, 4) is 0 Å². The van der Waals surface area contributed by atoms with Gasteiger partial charge in [-0.15, -0.1) is 11.3 Å². The number of pyridine rings is 1. The number of Topliss-reactive ketones (excluding diaryl/α,β-unsaturated/α-hetero) is 1. The largest absolute Gasteiger partial charge is 0.294 e. The van der Waals surface area contributed by atoms with E-state index in [1.165, 1.54) is 18.7 Å². The molecule has 0 N–H and O–H groups in total. The number of hydrogen-bond donors (Lipinski definition) is 0. The smallest absolute Gasteiger partial charge is 0.161 e. The molecule has 2 heterocycles. The van der Waals surface area contributed by atoms with Crippen molar-refractivity contribution in [2.24, 2.45) is 0 Å². The molecule has 3 nitrogen and oxygen atoms in total. The van der Waals surface area contributed by atoms with Crippen molar-refractivity contribution < 1.29 is 4.79 Å². The highest BCUT2D eigenvalue weighted by molar-refractivity contribution is 8.00. The van der Waals surface area contributed by atoms with Gasteiger partial charge in [-0.25, -0.2) is 9.97 Å². The van der Waals surface area contributed by atoms with Crippen LogP contribution in [0.25, 0.3) is 0 Å². The van der Waals surface area contributed by atoms with Gasteiger partial charge in [0.05, 0.1) is 0 Å². The van der Waals surface area contributed by atoms with E-state index >= 15 is 0 Å². The Morgan fingerprint density at radius 3 is 2.80 bits per heavy atom. The van der Waals surface area contributed by atoms with Crippen molar-refractivity contribution in [2.45, 2.75) is 16.3 Å². The Bertz CT molecular complexity index is 451. The van der Waals surface area contributed by atoms with Crippen LogP contribution in [0.2, 0.25) is 0 Å². The average Bonchev–Trinajstić information content (AvgIpc) is 2.71. The van der Waals surface area contributed by atoms with Crippen molar-refractivity contribution >= 4 is 28.9 Å². The normalized spacial score (nSPS) is 10.2. The highest BCUT2D eigenvalue weighted by Gasteiger charge is 2.03. The Hall–Kier alpha value is -1.20. The molecule has 0 aliphatic carbocycles. The summed E-state index contributed by atoms with van der Waals surface area (Å²) in [7, 11) is 0. The summed E-state index contributed by atoms with van der Waals surface area (Å²) in [6.45, 7) is 1.53. The van der Waals surface area contributed by atoms with Crippen LogP contribution in [0.15, 0.2) is 39.3 Å². The molecular formula is C10H8N2OS2. The predicted octanol–water partition coefficient (Wildman–Crippen LogP) is 2.89. The molecule has 5 heteroatoms. The van der Waals surface area contributed by atoms with Crippen LogP contribution in [0.1, 0.15) is 17.3 Å². The van der Waals surface area contributed by atoms with Gasteiger partial charge in [0.2, 0.25) is 0 Å². The van der Waals surface area contributed by atoms with Crippen LogP contribution in [0.5, 0.6) is 0 Å². The highest BCUT2D eigenvalue weighted by atomic mass is 32.2. The van der Waals surface area contributed by atoms with E-state index in [9.17, 15) is 4.79 Å². The van der Waals surface area contributed by atoms with Gasteiger partial charge < -0.3 is 0 Å². The number of rotatable bonds is 3. The van der Waals surface area contributed by atoms with Crippen molar-refractivity contribution in [3.05, 3.63) is 35.5 Å². The SMILES string of the molecule is CC(=O)c1ccc(Sc2nccs2)nc1. The standard InChI is InChI=1S/C10H8N2OS2/c1-7(13)8-2-3-9(12-6-8)15-10-11-4-5-14-10/h2-6H,1H3. The summed E-state index contributed by atoms with van der Waals surface area (Å²) >= 11 is 3.07. The molecule has 0 aromatic carbocycles. The van der Waals surface area contributed by atoms with E-state index in [4.69, 9.17) is 0 Å².